The van der Waals surface area contributed by atoms with Crippen LogP contribution in [0.1, 0.15) is 32.6 Å². The zero-order valence-electron chi connectivity index (χ0n) is 19.8. The Bertz CT molecular complexity index is 1120. The fourth-order valence-corrected chi connectivity index (χ4v) is 6.54. The molecule has 0 radical (unpaired) electrons. The van der Waals surface area contributed by atoms with Crippen molar-refractivity contribution in [2.24, 2.45) is 11.8 Å². The smallest absolute Gasteiger partial charge is 0.264 e. The number of rotatable bonds is 10. The molecular weight excluding hydrogens is 456 g/mol. The van der Waals surface area contributed by atoms with Gasteiger partial charge in [0, 0.05) is 12.1 Å². The molecule has 0 aromatic heterocycles. The molecule has 2 saturated carbocycles. The summed E-state index contributed by atoms with van der Waals surface area (Å²) >= 11 is 0. The SMILES string of the molecule is CCOc1ccc(N(CC(=O)N[C@@H]2C[C@H]3CC[C@@H]2C3)S(=O)(=O)c2ccc(OC)c(OC)c2)cc1. The Hall–Kier alpha value is -2.94. The number of fused-ring (bicyclic) bond motifs is 2. The molecule has 2 aliphatic rings. The Kier molecular flexibility index (Phi) is 7.21. The van der Waals surface area contributed by atoms with Crippen LogP contribution in [0.25, 0.3) is 0 Å². The highest BCUT2D eigenvalue weighted by atomic mass is 32.2. The third-order valence-electron chi connectivity index (χ3n) is 6.75. The number of carbonyl (C=O) groups excluding carboxylic acids is 1. The average Bonchev–Trinajstić information content (AvgIpc) is 3.46. The highest BCUT2D eigenvalue weighted by molar-refractivity contribution is 7.92. The molecule has 2 aliphatic carbocycles. The predicted molar refractivity (Wildman–Crippen MR) is 129 cm³/mol. The maximum Gasteiger partial charge on any atom is 0.264 e. The van der Waals surface area contributed by atoms with Gasteiger partial charge in [-0.05, 0) is 74.4 Å². The number of sulfonamides is 1. The zero-order valence-corrected chi connectivity index (χ0v) is 20.6. The van der Waals surface area contributed by atoms with Crippen LogP contribution >= 0.6 is 0 Å². The van der Waals surface area contributed by atoms with E-state index in [4.69, 9.17) is 14.2 Å². The first-order valence-corrected chi connectivity index (χ1v) is 13.1. The van der Waals surface area contributed by atoms with Gasteiger partial charge in [0.05, 0.1) is 31.4 Å². The Labute approximate surface area is 201 Å². The molecule has 1 N–H and O–H groups in total. The topological polar surface area (TPSA) is 94.2 Å². The fraction of sp³-hybridized carbons (Fsp3) is 0.480. The molecular formula is C25H32N2O6S. The monoisotopic (exact) mass is 488 g/mol. The predicted octanol–water partition coefficient (Wildman–Crippen LogP) is 3.60. The van der Waals surface area contributed by atoms with Gasteiger partial charge in [-0.15, -0.1) is 0 Å². The van der Waals surface area contributed by atoms with Crippen LogP contribution in [-0.4, -0.2) is 47.7 Å². The molecule has 4 rings (SSSR count). The van der Waals surface area contributed by atoms with Crippen molar-refractivity contribution in [2.45, 2.75) is 43.5 Å². The first-order valence-electron chi connectivity index (χ1n) is 11.6. The van der Waals surface area contributed by atoms with Crippen molar-refractivity contribution in [1.29, 1.82) is 0 Å². The lowest BCUT2D eigenvalue weighted by molar-refractivity contribution is -0.120. The second kappa shape index (κ2) is 10.1. The molecule has 0 spiro atoms. The number of anilines is 1. The van der Waals surface area contributed by atoms with Gasteiger partial charge in [-0.3, -0.25) is 9.10 Å². The zero-order chi connectivity index (χ0) is 24.3. The average molecular weight is 489 g/mol. The van der Waals surface area contributed by atoms with E-state index in [2.05, 4.69) is 5.32 Å². The summed E-state index contributed by atoms with van der Waals surface area (Å²) in [5.41, 5.74) is 0.376. The minimum absolute atomic E-state index is 0.00626. The van der Waals surface area contributed by atoms with E-state index in [1.165, 1.54) is 38.8 Å². The van der Waals surface area contributed by atoms with Crippen LogP contribution < -0.4 is 23.8 Å². The van der Waals surface area contributed by atoms with Gasteiger partial charge in [0.15, 0.2) is 11.5 Å². The molecule has 34 heavy (non-hydrogen) atoms. The largest absolute Gasteiger partial charge is 0.494 e. The van der Waals surface area contributed by atoms with Crippen molar-refractivity contribution in [2.75, 3.05) is 31.7 Å². The number of ether oxygens (including phenoxy) is 3. The summed E-state index contributed by atoms with van der Waals surface area (Å²) in [6, 6.07) is 11.2. The van der Waals surface area contributed by atoms with Gasteiger partial charge < -0.3 is 19.5 Å². The number of hydrogen-bond donors (Lipinski definition) is 1. The van der Waals surface area contributed by atoms with Crippen molar-refractivity contribution in [3.63, 3.8) is 0 Å². The van der Waals surface area contributed by atoms with E-state index >= 15 is 0 Å². The third-order valence-corrected chi connectivity index (χ3v) is 8.52. The Morgan fingerprint density at radius 3 is 2.35 bits per heavy atom. The Balaban J connectivity index is 1.63. The molecule has 3 atom stereocenters. The van der Waals surface area contributed by atoms with E-state index in [9.17, 15) is 13.2 Å². The lowest BCUT2D eigenvalue weighted by atomic mass is 9.95. The van der Waals surface area contributed by atoms with Crippen molar-refractivity contribution >= 4 is 21.6 Å². The van der Waals surface area contributed by atoms with Crippen LogP contribution in [0.3, 0.4) is 0 Å². The Morgan fingerprint density at radius 1 is 1.03 bits per heavy atom. The summed E-state index contributed by atoms with van der Waals surface area (Å²) < 4.78 is 44.6. The molecule has 2 bridgehead atoms. The molecule has 0 unspecified atom stereocenters. The molecule has 2 aromatic carbocycles. The minimum Gasteiger partial charge on any atom is -0.494 e. The van der Waals surface area contributed by atoms with Crippen LogP contribution in [0.4, 0.5) is 5.69 Å². The number of carbonyl (C=O) groups is 1. The molecule has 2 fully saturated rings. The van der Waals surface area contributed by atoms with Crippen LogP contribution in [0.2, 0.25) is 0 Å². The summed E-state index contributed by atoms with van der Waals surface area (Å²) in [6.45, 7) is 2.05. The van der Waals surface area contributed by atoms with Gasteiger partial charge >= 0.3 is 0 Å². The Morgan fingerprint density at radius 2 is 1.76 bits per heavy atom. The summed E-state index contributed by atoms with van der Waals surface area (Å²) in [5, 5.41) is 3.09. The molecule has 2 aromatic rings. The third kappa shape index (κ3) is 4.94. The van der Waals surface area contributed by atoms with Crippen LogP contribution in [-0.2, 0) is 14.8 Å². The normalized spacial score (nSPS) is 21.2. The summed E-state index contributed by atoms with van der Waals surface area (Å²) in [7, 11) is -1.15. The van der Waals surface area contributed by atoms with E-state index in [0.29, 0.717) is 41.4 Å². The maximum absolute atomic E-state index is 13.7. The highest BCUT2D eigenvalue weighted by Gasteiger charge is 2.40. The lowest BCUT2D eigenvalue weighted by Gasteiger charge is -2.27. The van der Waals surface area contributed by atoms with Crippen LogP contribution in [0, 0.1) is 11.8 Å². The van der Waals surface area contributed by atoms with Gasteiger partial charge in [-0.1, -0.05) is 6.42 Å². The van der Waals surface area contributed by atoms with Crippen LogP contribution in [0.15, 0.2) is 47.4 Å². The maximum atomic E-state index is 13.7. The minimum atomic E-state index is -4.08. The molecule has 0 heterocycles. The summed E-state index contributed by atoms with van der Waals surface area (Å²) in [4.78, 5) is 13.0. The number of nitrogens with one attached hydrogen (secondary N) is 1. The first-order chi connectivity index (χ1) is 16.3. The van der Waals surface area contributed by atoms with Crippen molar-refractivity contribution in [1.82, 2.24) is 5.32 Å². The van der Waals surface area contributed by atoms with Gasteiger partial charge in [0.1, 0.15) is 12.3 Å². The van der Waals surface area contributed by atoms with Crippen molar-refractivity contribution < 1.29 is 27.4 Å². The number of benzene rings is 2. The fourth-order valence-electron chi connectivity index (χ4n) is 5.10. The van der Waals surface area contributed by atoms with Gasteiger partial charge in [0.25, 0.3) is 10.0 Å². The quantitative estimate of drug-likeness (QED) is 0.549. The van der Waals surface area contributed by atoms with Crippen molar-refractivity contribution in [3.05, 3.63) is 42.5 Å². The second-order valence-corrected chi connectivity index (χ2v) is 10.7. The van der Waals surface area contributed by atoms with Gasteiger partial charge in [-0.2, -0.15) is 0 Å². The highest BCUT2D eigenvalue weighted by Crippen LogP contribution is 2.44. The first kappa shape index (κ1) is 24.2. The number of nitrogens with zero attached hydrogens (tertiary/aromatic N) is 1. The molecule has 8 nitrogen and oxygen atoms in total. The summed E-state index contributed by atoms with van der Waals surface area (Å²) in [5.74, 6) is 2.20. The molecule has 1 amide bonds. The van der Waals surface area contributed by atoms with E-state index in [1.807, 2.05) is 6.92 Å². The van der Waals surface area contributed by atoms with Crippen molar-refractivity contribution in [3.8, 4) is 17.2 Å². The molecule has 0 saturated heterocycles. The molecule has 0 aliphatic heterocycles. The van der Waals surface area contributed by atoms with Gasteiger partial charge in [-0.25, -0.2) is 8.42 Å². The van der Waals surface area contributed by atoms with E-state index in [-0.39, 0.29) is 23.4 Å². The summed E-state index contributed by atoms with van der Waals surface area (Å²) in [6.07, 6.45) is 4.48. The lowest BCUT2D eigenvalue weighted by Crippen LogP contribution is -2.46. The van der Waals surface area contributed by atoms with Crippen LogP contribution in [0.5, 0.6) is 17.2 Å². The number of amides is 1. The van der Waals surface area contributed by atoms with E-state index in [1.54, 1.807) is 24.3 Å². The number of methoxy groups -OCH3 is 2. The standard InChI is InChI=1S/C25H32N2O6S/c1-4-33-20-9-7-19(8-10-20)27(16-25(28)26-22-14-17-5-6-18(22)13-17)34(29,30)21-11-12-23(31-2)24(15-21)32-3/h7-12,15,17-18,22H,4-6,13-14,16H2,1-3H3,(H,26,28)/t17-,18+,22+/m0/s1. The molecule has 9 heteroatoms. The molecule has 184 valence electrons. The van der Waals surface area contributed by atoms with E-state index < -0.39 is 10.0 Å². The number of hydrogen-bond acceptors (Lipinski definition) is 6. The van der Waals surface area contributed by atoms with Gasteiger partial charge in [0.2, 0.25) is 5.91 Å². The second-order valence-electron chi connectivity index (χ2n) is 8.80. The van der Waals surface area contributed by atoms with E-state index in [0.717, 1.165) is 23.6 Å².